The molecule has 4 heterocycles. The van der Waals surface area contributed by atoms with E-state index in [-0.39, 0.29) is 12.0 Å². The molecule has 0 aliphatic carbocycles. The molecule has 0 bridgehead atoms. The summed E-state index contributed by atoms with van der Waals surface area (Å²) in [7, 11) is 0. The number of furan rings is 1. The predicted molar refractivity (Wildman–Crippen MR) is 145 cm³/mol. The zero-order chi connectivity index (χ0) is 24.3. The molecule has 2 aliphatic rings. The second-order valence-electron chi connectivity index (χ2n) is 9.91. The van der Waals surface area contributed by atoms with E-state index in [2.05, 4.69) is 82.5 Å². The highest BCUT2D eigenvalue weighted by atomic mass is 16.3. The Hall–Kier alpha value is -3.79. The normalized spacial score (nSPS) is 21.3. The number of allylic oxidation sites excluding steroid dienone is 1. The van der Waals surface area contributed by atoms with Gasteiger partial charge in [-0.05, 0) is 55.0 Å². The molecule has 0 radical (unpaired) electrons. The Morgan fingerprint density at radius 3 is 2.66 bits per heavy atom. The first-order chi connectivity index (χ1) is 17.0. The lowest BCUT2D eigenvalue weighted by Crippen LogP contribution is -2.27. The van der Waals surface area contributed by atoms with Gasteiger partial charge in [-0.3, -0.25) is 9.98 Å². The largest absolute Gasteiger partial charge is 0.437 e. The van der Waals surface area contributed by atoms with E-state index >= 15 is 0 Å². The van der Waals surface area contributed by atoms with E-state index in [9.17, 15) is 0 Å². The van der Waals surface area contributed by atoms with Crippen LogP contribution in [0.15, 0.2) is 87.9 Å². The number of pyridine rings is 1. The van der Waals surface area contributed by atoms with E-state index in [0.717, 1.165) is 63.1 Å². The summed E-state index contributed by atoms with van der Waals surface area (Å²) < 4.78 is 6.43. The molecule has 0 amide bonds. The number of hydrogen-bond acceptors (Lipinski definition) is 4. The average molecular weight is 460 g/mol. The van der Waals surface area contributed by atoms with E-state index in [1.54, 1.807) is 0 Å². The van der Waals surface area contributed by atoms with Crippen molar-refractivity contribution in [3.63, 3.8) is 0 Å². The van der Waals surface area contributed by atoms with Crippen molar-refractivity contribution < 1.29 is 4.42 Å². The van der Waals surface area contributed by atoms with Crippen molar-refractivity contribution in [3.8, 4) is 0 Å². The van der Waals surface area contributed by atoms with Gasteiger partial charge in [0.2, 0.25) is 5.71 Å². The SMILES string of the molecule is C=CC1=NC2C(=C)/N=C(/C)c3c(ccc4c3oc3nc(C(C)C)ccc34)CCC2c2ccccc21. The van der Waals surface area contributed by atoms with Gasteiger partial charge in [0, 0.05) is 39.2 Å². The third-order valence-corrected chi connectivity index (χ3v) is 7.43. The molecule has 4 aromatic rings. The van der Waals surface area contributed by atoms with Crippen molar-refractivity contribution in [3.05, 3.63) is 101 Å². The maximum absolute atomic E-state index is 6.43. The molecule has 35 heavy (non-hydrogen) atoms. The summed E-state index contributed by atoms with van der Waals surface area (Å²) in [4.78, 5) is 14.9. The highest BCUT2D eigenvalue weighted by Crippen LogP contribution is 2.40. The maximum Gasteiger partial charge on any atom is 0.227 e. The second kappa shape index (κ2) is 8.16. The summed E-state index contributed by atoms with van der Waals surface area (Å²) in [6.45, 7) is 14.8. The summed E-state index contributed by atoms with van der Waals surface area (Å²) in [6.07, 6.45) is 3.70. The molecule has 6 rings (SSSR count). The molecule has 4 heteroatoms. The van der Waals surface area contributed by atoms with Crippen LogP contribution in [0.2, 0.25) is 0 Å². The maximum atomic E-state index is 6.43. The molecule has 2 atom stereocenters. The molecule has 0 spiro atoms. The van der Waals surface area contributed by atoms with Crippen LogP contribution in [0.5, 0.6) is 0 Å². The Balaban J connectivity index is 1.54. The van der Waals surface area contributed by atoms with Crippen LogP contribution in [0.25, 0.3) is 22.1 Å². The Labute approximate surface area is 205 Å². The van der Waals surface area contributed by atoms with Crippen LogP contribution < -0.4 is 0 Å². The molecule has 174 valence electrons. The number of benzene rings is 2. The smallest absolute Gasteiger partial charge is 0.227 e. The highest BCUT2D eigenvalue weighted by molar-refractivity contribution is 6.15. The van der Waals surface area contributed by atoms with Crippen molar-refractivity contribution in [2.75, 3.05) is 0 Å². The van der Waals surface area contributed by atoms with E-state index in [4.69, 9.17) is 19.4 Å². The fourth-order valence-electron chi connectivity index (χ4n) is 5.67. The molecule has 4 nitrogen and oxygen atoms in total. The van der Waals surface area contributed by atoms with Gasteiger partial charge in [0.15, 0.2) is 0 Å². The summed E-state index contributed by atoms with van der Waals surface area (Å²) in [5, 5.41) is 2.12. The predicted octanol–water partition coefficient (Wildman–Crippen LogP) is 7.51. The van der Waals surface area contributed by atoms with Gasteiger partial charge < -0.3 is 4.42 Å². The number of aryl methyl sites for hydroxylation is 1. The molecular formula is C31H29N3O. The minimum Gasteiger partial charge on any atom is -0.437 e. The van der Waals surface area contributed by atoms with Gasteiger partial charge in [0.25, 0.3) is 0 Å². The van der Waals surface area contributed by atoms with Gasteiger partial charge in [-0.25, -0.2) is 4.98 Å². The quantitative estimate of drug-likeness (QED) is 0.311. The van der Waals surface area contributed by atoms with Gasteiger partial charge in [-0.15, -0.1) is 0 Å². The summed E-state index contributed by atoms with van der Waals surface area (Å²) in [5.41, 5.74) is 9.96. The lowest BCUT2D eigenvalue weighted by Gasteiger charge is -2.31. The Bertz CT molecular complexity index is 1580. The molecular weight excluding hydrogens is 430 g/mol. The van der Waals surface area contributed by atoms with Gasteiger partial charge in [0.1, 0.15) is 5.58 Å². The van der Waals surface area contributed by atoms with Crippen molar-refractivity contribution in [1.29, 1.82) is 0 Å². The Morgan fingerprint density at radius 1 is 1.06 bits per heavy atom. The molecule has 2 aromatic carbocycles. The van der Waals surface area contributed by atoms with Crippen molar-refractivity contribution in [2.45, 2.75) is 51.5 Å². The first-order valence-electron chi connectivity index (χ1n) is 12.3. The molecule has 2 aromatic heterocycles. The van der Waals surface area contributed by atoms with Gasteiger partial charge in [0.05, 0.1) is 17.5 Å². The second-order valence-corrected chi connectivity index (χ2v) is 9.91. The van der Waals surface area contributed by atoms with E-state index in [1.165, 1.54) is 11.1 Å². The van der Waals surface area contributed by atoms with Gasteiger partial charge in [-0.1, -0.05) is 63.4 Å². The fraction of sp³-hybridized carbons (Fsp3) is 0.258. The van der Waals surface area contributed by atoms with Crippen LogP contribution in [-0.4, -0.2) is 22.4 Å². The van der Waals surface area contributed by atoms with E-state index in [1.807, 2.05) is 6.08 Å². The molecule has 2 unspecified atom stereocenters. The number of nitrogens with zero attached hydrogens (tertiary/aromatic N) is 3. The van der Waals surface area contributed by atoms with Crippen molar-refractivity contribution in [2.24, 2.45) is 9.98 Å². The van der Waals surface area contributed by atoms with Crippen LogP contribution in [0, 0.1) is 0 Å². The molecule has 0 saturated heterocycles. The molecule has 0 N–H and O–H groups in total. The van der Waals surface area contributed by atoms with Crippen LogP contribution in [0.3, 0.4) is 0 Å². The summed E-state index contributed by atoms with van der Waals surface area (Å²) in [6, 6.07) is 17.1. The zero-order valence-corrected chi connectivity index (χ0v) is 20.5. The monoisotopic (exact) mass is 459 g/mol. The third-order valence-electron chi connectivity index (χ3n) is 7.43. The minimum absolute atomic E-state index is 0.108. The number of aromatic nitrogens is 1. The van der Waals surface area contributed by atoms with Crippen LogP contribution in [-0.2, 0) is 6.42 Å². The lowest BCUT2D eigenvalue weighted by molar-refractivity contribution is 0.540. The summed E-state index contributed by atoms with van der Waals surface area (Å²) in [5.74, 6) is 0.558. The third kappa shape index (κ3) is 3.39. The lowest BCUT2D eigenvalue weighted by atomic mass is 9.79. The average Bonchev–Trinajstić information content (AvgIpc) is 3.25. The van der Waals surface area contributed by atoms with Gasteiger partial charge in [-0.2, -0.15) is 0 Å². The number of rotatable bonds is 2. The topological polar surface area (TPSA) is 50.8 Å². The van der Waals surface area contributed by atoms with Crippen molar-refractivity contribution >= 4 is 33.5 Å². The van der Waals surface area contributed by atoms with Crippen LogP contribution >= 0.6 is 0 Å². The van der Waals surface area contributed by atoms with Crippen molar-refractivity contribution in [1.82, 2.24) is 4.98 Å². The Morgan fingerprint density at radius 2 is 1.86 bits per heavy atom. The fourth-order valence-corrected chi connectivity index (χ4v) is 5.67. The zero-order valence-electron chi connectivity index (χ0n) is 20.5. The number of aliphatic imine (C=N–C) groups is 2. The minimum atomic E-state index is -0.108. The molecule has 0 fully saturated rings. The number of fused-ring (bicyclic) bond motifs is 8. The number of hydrogen-bond donors (Lipinski definition) is 0. The van der Waals surface area contributed by atoms with Crippen LogP contribution in [0.4, 0.5) is 0 Å². The standard InChI is InChI=1S/C31H29N3O/c1-6-26-22-10-8-7-9-21(22)23-13-11-20-12-14-24-25-15-16-27(17(2)3)34-31(25)35-30(24)28(20)18(4)32-19(5)29(23)33-26/h6-10,12,14-17,23,29H,1,5,11,13H2,2-4H3/b32-18-. The summed E-state index contributed by atoms with van der Waals surface area (Å²) >= 11 is 0. The van der Waals surface area contributed by atoms with Gasteiger partial charge >= 0.3 is 0 Å². The van der Waals surface area contributed by atoms with E-state index < -0.39 is 0 Å². The first kappa shape index (κ1) is 21.7. The van der Waals surface area contributed by atoms with Crippen LogP contribution in [0.1, 0.15) is 67.0 Å². The molecule has 0 saturated carbocycles. The Kier molecular flexibility index (Phi) is 5.06. The first-order valence-corrected chi connectivity index (χ1v) is 12.3. The van der Waals surface area contributed by atoms with E-state index in [0.29, 0.717) is 11.6 Å². The highest BCUT2D eigenvalue weighted by Gasteiger charge is 2.33. The molecule has 2 aliphatic heterocycles.